The van der Waals surface area contributed by atoms with E-state index in [1.807, 2.05) is 4.90 Å². The molecule has 5 nitrogen and oxygen atoms in total. The van der Waals surface area contributed by atoms with E-state index in [-0.39, 0.29) is 5.56 Å². The first-order chi connectivity index (χ1) is 12.6. The summed E-state index contributed by atoms with van der Waals surface area (Å²) in [6.45, 7) is 1.39. The molecule has 3 aromatic rings. The molecule has 0 saturated heterocycles. The number of nitrogens with one attached hydrogen (secondary N) is 1. The van der Waals surface area contributed by atoms with Crippen molar-refractivity contribution < 1.29 is 8.78 Å². The number of aromatic nitrogens is 3. The van der Waals surface area contributed by atoms with Crippen molar-refractivity contribution in [3.05, 3.63) is 81.5 Å². The Bertz CT molecular complexity index is 1000. The predicted octanol–water partition coefficient (Wildman–Crippen LogP) is 2.67. The number of benzene rings is 1. The fourth-order valence-electron chi connectivity index (χ4n) is 3.17. The summed E-state index contributed by atoms with van der Waals surface area (Å²) in [6, 6.07) is 7.14. The zero-order valence-corrected chi connectivity index (χ0v) is 13.9. The van der Waals surface area contributed by atoms with Crippen molar-refractivity contribution in [3.63, 3.8) is 0 Å². The second-order valence-corrected chi connectivity index (χ2v) is 6.27. The van der Waals surface area contributed by atoms with Crippen LogP contribution >= 0.6 is 0 Å². The van der Waals surface area contributed by atoms with Crippen LogP contribution in [0, 0.1) is 11.6 Å². The van der Waals surface area contributed by atoms with E-state index < -0.39 is 11.6 Å². The summed E-state index contributed by atoms with van der Waals surface area (Å²) >= 11 is 0. The monoisotopic (exact) mass is 354 g/mol. The molecule has 1 aromatic carbocycles. The Labute approximate surface area is 148 Å². The molecule has 0 radical (unpaired) electrons. The maximum Gasteiger partial charge on any atom is 0.254 e. The normalized spacial score (nSPS) is 14.2. The number of rotatable bonds is 3. The van der Waals surface area contributed by atoms with Gasteiger partial charge in [-0.1, -0.05) is 6.07 Å². The molecule has 0 atom stereocenters. The molecule has 0 fully saturated rings. The topological polar surface area (TPSA) is 61.9 Å². The molecule has 3 heterocycles. The largest absolute Gasteiger partial charge is 0.306 e. The molecule has 26 heavy (non-hydrogen) atoms. The highest BCUT2D eigenvalue weighted by Gasteiger charge is 2.22. The number of hydrogen-bond donors (Lipinski definition) is 1. The summed E-state index contributed by atoms with van der Waals surface area (Å²) in [6.07, 6.45) is 3.81. The Morgan fingerprint density at radius 3 is 2.73 bits per heavy atom. The summed E-state index contributed by atoms with van der Waals surface area (Å²) in [5.74, 6) is -0.663. The average Bonchev–Trinajstić information content (AvgIpc) is 2.64. The van der Waals surface area contributed by atoms with Gasteiger partial charge in [-0.3, -0.25) is 14.7 Å². The molecule has 0 saturated carbocycles. The third kappa shape index (κ3) is 3.25. The lowest BCUT2D eigenvalue weighted by atomic mass is 10.0. The van der Waals surface area contributed by atoms with Crippen LogP contribution < -0.4 is 5.56 Å². The van der Waals surface area contributed by atoms with Crippen molar-refractivity contribution >= 4 is 0 Å². The first kappa shape index (κ1) is 16.5. The Hall–Kier alpha value is -2.93. The number of hydrogen-bond acceptors (Lipinski definition) is 4. The molecule has 7 heteroatoms. The third-order valence-electron chi connectivity index (χ3n) is 4.52. The maximum absolute atomic E-state index is 13.9. The van der Waals surface area contributed by atoms with E-state index >= 15 is 0 Å². The standard InChI is InChI=1S/C19H16F2N4O/c20-14-2-1-13(16(21)9-14)10-25-8-5-15-17(11-25)23-18(24-19(15)26)12-3-6-22-7-4-12/h1-4,6-7,9H,5,8,10-11H2,(H,23,24,26). The maximum atomic E-state index is 13.9. The van der Waals surface area contributed by atoms with E-state index in [9.17, 15) is 13.6 Å². The highest BCUT2D eigenvalue weighted by Crippen LogP contribution is 2.20. The van der Waals surface area contributed by atoms with Crippen molar-refractivity contribution in [3.8, 4) is 11.4 Å². The summed E-state index contributed by atoms with van der Waals surface area (Å²) in [5, 5.41) is 0. The van der Waals surface area contributed by atoms with Crippen LogP contribution in [0.5, 0.6) is 0 Å². The third-order valence-corrected chi connectivity index (χ3v) is 4.52. The minimum absolute atomic E-state index is 0.144. The minimum Gasteiger partial charge on any atom is -0.306 e. The molecule has 1 aliphatic rings. The van der Waals surface area contributed by atoms with E-state index in [1.165, 1.54) is 12.1 Å². The second-order valence-electron chi connectivity index (χ2n) is 6.27. The van der Waals surface area contributed by atoms with Gasteiger partial charge in [0.15, 0.2) is 0 Å². The van der Waals surface area contributed by atoms with Gasteiger partial charge in [0.1, 0.15) is 17.5 Å². The number of nitrogens with zero attached hydrogens (tertiary/aromatic N) is 3. The van der Waals surface area contributed by atoms with Crippen LogP contribution in [0.15, 0.2) is 47.5 Å². The first-order valence-electron chi connectivity index (χ1n) is 8.29. The molecule has 0 spiro atoms. The van der Waals surface area contributed by atoms with E-state index in [0.717, 1.165) is 11.6 Å². The highest BCUT2D eigenvalue weighted by atomic mass is 19.1. The zero-order chi connectivity index (χ0) is 18.1. The van der Waals surface area contributed by atoms with Crippen LogP contribution in [0.4, 0.5) is 8.78 Å². The van der Waals surface area contributed by atoms with Crippen LogP contribution in [0.3, 0.4) is 0 Å². The zero-order valence-electron chi connectivity index (χ0n) is 13.9. The van der Waals surface area contributed by atoms with E-state index in [2.05, 4.69) is 15.0 Å². The number of fused-ring (bicyclic) bond motifs is 1. The van der Waals surface area contributed by atoms with Gasteiger partial charge in [0.2, 0.25) is 0 Å². The van der Waals surface area contributed by atoms with Crippen LogP contribution in [0.2, 0.25) is 0 Å². The average molecular weight is 354 g/mol. The van der Waals surface area contributed by atoms with Crippen molar-refractivity contribution in [1.29, 1.82) is 0 Å². The van der Waals surface area contributed by atoms with Gasteiger partial charge < -0.3 is 4.98 Å². The summed E-state index contributed by atoms with van der Waals surface area (Å²) in [7, 11) is 0. The molecule has 0 amide bonds. The Balaban J connectivity index is 1.61. The summed E-state index contributed by atoms with van der Waals surface area (Å²) < 4.78 is 27.0. The van der Waals surface area contributed by atoms with Gasteiger partial charge in [0.05, 0.1) is 5.69 Å². The molecule has 1 aliphatic heterocycles. The van der Waals surface area contributed by atoms with Gasteiger partial charge in [0.25, 0.3) is 5.56 Å². The highest BCUT2D eigenvalue weighted by molar-refractivity contribution is 5.54. The van der Waals surface area contributed by atoms with Gasteiger partial charge in [0, 0.05) is 54.8 Å². The van der Waals surface area contributed by atoms with Crippen LogP contribution in [0.1, 0.15) is 16.8 Å². The van der Waals surface area contributed by atoms with Crippen LogP contribution in [-0.4, -0.2) is 26.4 Å². The molecule has 1 N–H and O–H groups in total. The fourth-order valence-corrected chi connectivity index (χ4v) is 3.17. The lowest BCUT2D eigenvalue weighted by Gasteiger charge is -2.27. The van der Waals surface area contributed by atoms with Crippen molar-refractivity contribution in [2.75, 3.05) is 6.54 Å². The SMILES string of the molecule is O=c1[nH]c(-c2ccncc2)nc2c1CCN(Cc1ccc(F)cc1F)C2. The van der Waals surface area contributed by atoms with Gasteiger partial charge in [-0.15, -0.1) is 0 Å². The van der Waals surface area contributed by atoms with Crippen LogP contribution in [-0.2, 0) is 19.5 Å². The smallest absolute Gasteiger partial charge is 0.254 e. The molecule has 0 bridgehead atoms. The van der Waals surface area contributed by atoms with Crippen molar-refractivity contribution in [1.82, 2.24) is 19.9 Å². The molecular formula is C19H16F2N4O. The van der Waals surface area contributed by atoms with Crippen molar-refractivity contribution in [2.24, 2.45) is 0 Å². The first-order valence-corrected chi connectivity index (χ1v) is 8.29. The quantitative estimate of drug-likeness (QED) is 0.786. The number of aromatic amines is 1. The van der Waals surface area contributed by atoms with Crippen LogP contribution in [0.25, 0.3) is 11.4 Å². The van der Waals surface area contributed by atoms with Gasteiger partial charge >= 0.3 is 0 Å². The summed E-state index contributed by atoms with van der Waals surface area (Å²) in [5.41, 5.74) is 2.41. The van der Waals surface area contributed by atoms with Crippen molar-refractivity contribution in [2.45, 2.75) is 19.5 Å². The number of pyridine rings is 1. The number of halogens is 2. The summed E-state index contributed by atoms with van der Waals surface area (Å²) in [4.78, 5) is 25.8. The van der Waals surface area contributed by atoms with E-state index in [4.69, 9.17) is 0 Å². The molecule has 4 rings (SSSR count). The molecule has 0 unspecified atom stereocenters. The van der Waals surface area contributed by atoms with Gasteiger partial charge in [-0.2, -0.15) is 0 Å². The lowest BCUT2D eigenvalue weighted by Crippen LogP contribution is -2.35. The minimum atomic E-state index is -0.592. The van der Waals surface area contributed by atoms with E-state index in [1.54, 1.807) is 24.5 Å². The molecular weight excluding hydrogens is 338 g/mol. The van der Waals surface area contributed by atoms with E-state index in [0.29, 0.717) is 48.7 Å². The Morgan fingerprint density at radius 1 is 1.15 bits per heavy atom. The van der Waals surface area contributed by atoms with Gasteiger partial charge in [-0.25, -0.2) is 13.8 Å². The number of H-pyrrole nitrogens is 1. The molecule has 2 aromatic heterocycles. The van der Waals surface area contributed by atoms with Gasteiger partial charge in [-0.05, 0) is 24.6 Å². The molecule has 132 valence electrons. The fraction of sp³-hybridized carbons (Fsp3) is 0.211. The Morgan fingerprint density at radius 2 is 1.96 bits per heavy atom. The molecule has 0 aliphatic carbocycles. The second kappa shape index (κ2) is 6.76. The Kier molecular flexibility index (Phi) is 4.30. The lowest BCUT2D eigenvalue weighted by molar-refractivity contribution is 0.237. The predicted molar refractivity (Wildman–Crippen MR) is 92.3 cm³/mol.